The second-order valence-corrected chi connectivity index (χ2v) is 7.32. The average Bonchev–Trinajstić information content (AvgIpc) is 2.22. The molecule has 1 atom stereocenters. The highest BCUT2D eigenvalue weighted by atomic mass is 79.9. The second-order valence-electron chi connectivity index (χ2n) is 4.84. The Bertz CT molecular complexity index is 434. The third kappa shape index (κ3) is 2.54. The summed E-state index contributed by atoms with van der Waals surface area (Å²) in [6, 6.07) is 3.43. The maximum Gasteiger partial charge on any atom is 0.124 e. The van der Waals surface area contributed by atoms with Crippen LogP contribution in [-0.4, -0.2) is 11.3 Å². The Hall–Kier alpha value is -0.0600. The highest BCUT2D eigenvalue weighted by Gasteiger charge is 2.37. The van der Waals surface area contributed by atoms with Gasteiger partial charge in [-0.05, 0) is 43.7 Å². The quantitative estimate of drug-likeness (QED) is 0.874. The number of fused-ring (bicyclic) bond motifs is 1. The zero-order valence-corrected chi connectivity index (χ0v) is 12.7. The molecule has 2 rings (SSSR count). The van der Waals surface area contributed by atoms with Gasteiger partial charge in [0.15, 0.2) is 0 Å². The van der Waals surface area contributed by atoms with Crippen molar-refractivity contribution in [3.05, 3.63) is 33.5 Å². The molecule has 0 amide bonds. The van der Waals surface area contributed by atoms with E-state index in [0.717, 1.165) is 22.3 Å². The van der Waals surface area contributed by atoms with E-state index >= 15 is 0 Å². The first kappa shape index (κ1) is 13.4. The molecule has 1 N–H and O–H groups in total. The molecule has 94 valence electrons. The fourth-order valence-corrected chi connectivity index (χ4v) is 4.30. The summed E-state index contributed by atoms with van der Waals surface area (Å²) in [5.41, 5.74) is 2.32. The van der Waals surface area contributed by atoms with Gasteiger partial charge < -0.3 is 5.32 Å². The van der Waals surface area contributed by atoms with Crippen molar-refractivity contribution in [2.45, 2.75) is 37.3 Å². The van der Waals surface area contributed by atoms with Gasteiger partial charge in [-0.1, -0.05) is 22.9 Å². The molecular formula is C13H17BrFNS. The summed E-state index contributed by atoms with van der Waals surface area (Å²) >= 11 is 5.38. The Labute approximate surface area is 115 Å². The molecule has 1 aliphatic rings. The van der Waals surface area contributed by atoms with Crippen LogP contribution in [0.3, 0.4) is 0 Å². The van der Waals surface area contributed by atoms with Crippen molar-refractivity contribution in [1.82, 2.24) is 5.32 Å². The molecule has 17 heavy (non-hydrogen) atoms. The van der Waals surface area contributed by atoms with Crippen LogP contribution in [-0.2, 0) is 5.75 Å². The minimum absolute atomic E-state index is 0.0935. The maximum absolute atomic E-state index is 13.6. The lowest BCUT2D eigenvalue weighted by Gasteiger charge is -2.40. The zero-order chi connectivity index (χ0) is 12.6. The van der Waals surface area contributed by atoms with Crippen LogP contribution in [0.15, 0.2) is 16.6 Å². The van der Waals surface area contributed by atoms with Crippen LogP contribution < -0.4 is 5.32 Å². The van der Waals surface area contributed by atoms with E-state index in [2.05, 4.69) is 42.0 Å². The number of hydrogen-bond acceptors (Lipinski definition) is 2. The van der Waals surface area contributed by atoms with E-state index < -0.39 is 0 Å². The topological polar surface area (TPSA) is 12.0 Å². The Morgan fingerprint density at radius 2 is 2.24 bits per heavy atom. The smallest absolute Gasteiger partial charge is 0.124 e. The lowest BCUT2D eigenvalue weighted by molar-refractivity contribution is 0.447. The molecule has 0 spiro atoms. The highest BCUT2D eigenvalue weighted by Crippen LogP contribution is 2.47. The summed E-state index contributed by atoms with van der Waals surface area (Å²) in [5.74, 6) is 0.770. The van der Waals surface area contributed by atoms with Crippen molar-refractivity contribution in [2.24, 2.45) is 0 Å². The van der Waals surface area contributed by atoms with Crippen molar-refractivity contribution < 1.29 is 4.39 Å². The van der Waals surface area contributed by atoms with Crippen LogP contribution in [0.1, 0.15) is 37.9 Å². The van der Waals surface area contributed by atoms with Gasteiger partial charge in [0.2, 0.25) is 0 Å². The molecule has 1 nitrogen and oxygen atoms in total. The molecule has 1 heterocycles. The minimum Gasteiger partial charge on any atom is -0.309 e. The fraction of sp³-hybridized carbons (Fsp3) is 0.538. The fourth-order valence-electron chi connectivity index (χ4n) is 2.31. The largest absolute Gasteiger partial charge is 0.309 e. The first-order chi connectivity index (χ1) is 7.95. The number of nitrogens with one attached hydrogen (secondary N) is 1. The van der Waals surface area contributed by atoms with Crippen LogP contribution in [0.2, 0.25) is 0 Å². The molecule has 4 heteroatoms. The monoisotopic (exact) mass is 317 g/mol. The molecule has 0 aromatic heterocycles. The maximum atomic E-state index is 13.6. The summed E-state index contributed by atoms with van der Waals surface area (Å²) < 4.78 is 14.5. The van der Waals surface area contributed by atoms with Gasteiger partial charge in [-0.3, -0.25) is 0 Å². The molecular weight excluding hydrogens is 301 g/mol. The van der Waals surface area contributed by atoms with Crippen LogP contribution in [0, 0.1) is 5.82 Å². The van der Waals surface area contributed by atoms with Crippen molar-refractivity contribution in [1.29, 1.82) is 0 Å². The Morgan fingerprint density at radius 1 is 1.53 bits per heavy atom. The van der Waals surface area contributed by atoms with Gasteiger partial charge in [0, 0.05) is 21.0 Å². The summed E-state index contributed by atoms with van der Waals surface area (Å²) in [6.07, 6.45) is 0. The van der Waals surface area contributed by atoms with Crippen LogP contribution in [0.25, 0.3) is 0 Å². The molecule has 0 bridgehead atoms. The lowest BCUT2D eigenvalue weighted by Crippen LogP contribution is -2.40. The van der Waals surface area contributed by atoms with Crippen molar-refractivity contribution >= 4 is 27.7 Å². The van der Waals surface area contributed by atoms with Gasteiger partial charge in [0.25, 0.3) is 0 Å². The molecule has 1 aromatic rings. The lowest BCUT2D eigenvalue weighted by atomic mass is 9.91. The zero-order valence-electron chi connectivity index (χ0n) is 10.3. The predicted molar refractivity (Wildman–Crippen MR) is 75.9 cm³/mol. The number of rotatable bonds is 2. The van der Waals surface area contributed by atoms with Crippen LogP contribution >= 0.6 is 27.7 Å². The third-order valence-corrected chi connectivity index (χ3v) is 5.32. The summed E-state index contributed by atoms with van der Waals surface area (Å²) in [4.78, 5) is 0. The van der Waals surface area contributed by atoms with Crippen molar-refractivity contribution in [3.63, 3.8) is 0 Å². The second kappa shape index (κ2) is 4.90. The highest BCUT2D eigenvalue weighted by molar-refractivity contribution is 9.10. The molecule has 0 saturated heterocycles. The molecule has 1 aromatic carbocycles. The summed E-state index contributed by atoms with van der Waals surface area (Å²) in [6.45, 7) is 7.41. The van der Waals surface area contributed by atoms with E-state index in [1.54, 1.807) is 12.1 Å². The Balaban J connectivity index is 2.52. The van der Waals surface area contributed by atoms with Crippen LogP contribution in [0.4, 0.5) is 4.39 Å². The number of hydrogen-bond donors (Lipinski definition) is 1. The third-order valence-electron chi connectivity index (χ3n) is 3.20. The molecule has 0 radical (unpaired) electrons. The van der Waals surface area contributed by atoms with Gasteiger partial charge in [-0.2, -0.15) is 0 Å². The number of halogens is 2. The first-order valence-electron chi connectivity index (χ1n) is 5.81. The van der Waals surface area contributed by atoms with Gasteiger partial charge in [0.1, 0.15) is 5.82 Å². The molecule has 0 saturated carbocycles. The minimum atomic E-state index is -0.166. The molecule has 1 unspecified atom stereocenters. The predicted octanol–water partition coefficient (Wildman–Crippen LogP) is 4.26. The van der Waals surface area contributed by atoms with Gasteiger partial charge in [0.05, 0.1) is 0 Å². The molecule has 1 aliphatic heterocycles. The molecule has 0 aliphatic carbocycles. The van der Waals surface area contributed by atoms with Gasteiger partial charge in [-0.25, -0.2) is 4.39 Å². The Kier molecular flexibility index (Phi) is 3.86. The van der Waals surface area contributed by atoms with E-state index in [1.807, 2.05) is 11.8 Å². The van der Waals surface area contributed by atoms with Crippen molar-refractivity contribution in [3.8, 4) is 0 Å². The number of thioether (sulfide) groups is 1. The molecule has 0 fully saturated rings. The van der Waals surface area contributed by atoms with E-state index in [1.165, 1.54) is 5.56 Å². The van der Waals surface area contributed by atoms with E-state index in [-0.39, 0.29) is 16.6 Å². The Morgan fingerprint density at radius 3 is 2.88 bits per heavy atom. The van der Waals surface area contributed by atoms with Gasteiger partial charge in [-0.15, -0.1) is 11.8 Å². The first-order valence-corrected chi connectivity index (χ1v) is 7.58. The summed E-state index contributed by atoms with van der Waals surface area (Å²) in [5, 5.41) is 3.48. The van der Waals surface area contributed by atoms with Crippen LogP contribution in [0.5, 0.6) is 0 Å². The SMILES string of the molecule is CCNC1c2cc(F)cc(Br)c2CSC1(C)C. The average molecular weight is 318 g/mol. The van der Waals surface area contributed by atoms with E-state index in [4.69, 9.17) is 0 Å². The summed E-state index contributed by atoms with van der Waals surface area (Å²) in [7, 11) is 0. The normalized spacial score (nSPS) is 22.3. The van der Waals surface area contributed by atoms with E-state index in [9.17, 15) is 4.39 Å². The van der Waals surface area contributed by atoms with Gasteiger partial charge >= 0.3 is 0 Å². The standard InChI is InChI=1S/C13H17BrFNS/c1-4-16-12-9-5-8(15)6-11(14)10(9)7-17-13(12,2)3/h5-6,12,16H,4,7H2,1-3H3. The van der Waals surface area contributed by atoms with Crippen molar-refractivity contribution in [2.75, 3.05) is 6.54 Å². The van der Waals surface area contributed by atoms with E-state index in [0.29, 0.717) is 0 Å². The number of benzene rings is 1.